The molecule has 0 heteroatoms. The van der Waals surface area contributed by atoms with Gasteiger partial charge in [-0.1, -0.05) is 60.7 Å². The minimum absolute atomic E-state index is 1.30. The van der Waals surface area contributed by atoms with Gasteiger partial charge in [-0.3, -0.25) is 0 Å². The van der Waals surface area contributed by atoms with Crippen LogP contribution in [0.3, 0.4) is 0 Å². The Morgan fingerprint density at radius 2 is 1.04 bits per heavy atom. The van der Waals surface area contributed by atoms with Crippen molar-refractivity contribution >= 4 is 21.5 Å². The molecule has 0 radical (unpaired) electrons. The Morgan fingerprint density at radius 3 is 1.65 bits per heavy atom. The molecule has 0 saturated heterocycles. The Morgan fingerprint density at radius 1 is 0.522 bits per heavy atom. The van der Waals surface area contributed by atoms with Crippen molar-refractivity contribution < 1.29 is 0 Å². The minimum atomic E-state index is 1.30. The first-order valence-corrected chi connectivity index (χ1v) is 8.14. The predicted molar refractivity (Wildman–Crippen MR) is 101 cm³/mol. The van der Waals surface area contributed by atoms with Gasteiger partial charge in [0.25, 0.3) is 0 Å². The fraction of sp³-hybridized carbons (Fsp3) is 0.130. The molecular weight excluding hydrogens is 276 g/mol. The quantitative estimate of drug-likeness (QED) is 0.348. The van der Waals surface area contributed by atoms with Crippen molar-refractivity contribution in [3.63, 3.8) is 0 Å². The third-order valence-corrected chi connectivity index (χ3v) is 4.88. The van der Waals surface area contributed by atoms with Crippen molar-refractivity contribution in [2.75, 3.05) is 0 Å². The molecule has 0 bridgehead atoms. The zero-order chi connectivity index (χ0) is 16.0. The maximum absolute atomic E-state index is 2.35. The van der Waals surface area contributed by atoms with Gasteiger partial charge in [0.2, 0.25) is 0 Å². The van der Waals surface area contributed by atoms with Crippen LogP contribution in [0.25, 0.3) is 32.7 Å². The molecule has 4 aromatic rings. The Kier molecular flexibility index (Phi) is 3.20. The van der Waals surface area contributed by atoms with Gasteiger partial charge in [-0.05, 0) is 76.2 Å². The Balaban J connectivity index is 2.22. The first-order valence-electron chi connectivity index (χ1n) is 8.14. The topological polar surface area (TPSA) is 0 Å². The zero-order valence-corrected chi connectivity index (χ0v) is 13.9. The number of benzene rings is 4. The summed E-state index contributed by atoms with van der Waals surface area (Å²) >= 11 is 0. The van der Waals surface area contributed by atoms with Gasteiger partial charge >= 0.3 is 0 Å². The van der Waals surface area contributed by atoms with Crippen molar-refractivity contribution in [1.29, 1.82) is 0 Å². The average molecular weight is 296 g/mol. The smallest absolute Gasteiger partial charge is 0.00241 e. The lowest BCUT2D eigenvalue weighted by Crippen LogP contribution is -1.91. The predicted octanol–water partition coefficient (Wildman–Crippen LogP) is 6.59. The number of hydrogen-bond donors (Lipinski definition) is 0. The van der Waals surface area contributed by atoms with E-state index in [1.807, 2.05) is 0 Å². The van der Waals surface area contributed by atoms with Crippen LogP contribution in [0.2, 0.25) is 0 Å². The van der Waals surface area contributed by atoms with Crippen molar-refractivity contribution in [2.24, 2.45) is 0 Å². The van der Waals surface area contributed by atoms with E-state index in [0.717, 1.165) is 0 Å². The number of aryl methyl sites for hydroxylation is 3. The third kappa shape index (κ3) is 2.22. The van der Waals surface area contributed by atoms with E-state index in [1.54, 1.807) is 0 Å². The van der Waals surface area contributed by atoms with Crippen LogP contribution >= 0.6 is 0 Å². The van der Waals surface area contributed by atoms with Crippen molar-refractivity contribution in [3.8, 4) is 11.1 Å². The average Bonchev–Trinajstić information content (AvgIpc) is 2.56. The van der Waals surface area contributed by atoms with Crippen LogP contribution in [0.4, 0.5) is 0 Å². The molecule has 0 heterocycles. The summed E-state index contributed by atoms with van der Waals surface area (Å²) in [7, 11) is 0. The van der Waals surface area contributed by atoms with Crippen molar-refractivity contribution in [1.82, 2.24) is 0 Å². The molecule has 4 aromatic carbocycles. The summed E-state index contributed by atoms with van der Waals surface area (Å²) in [5, 5.41) is 5.27. The summed E-state index contributed by atoms with van der Waals surface area (Å²) in [5.41, 5.74) is 6.76. The Bertz CT molecular complexity index is 984. The lowest BCUT2D eigenvalue weighted by Gasteiger charge is -2.16. The second kappa shape index (κ2) is 5.24. The standard InChI is InChI=1S/C23H20/c1-15-12-17(3)22(13-16(15)2)23-20-10-6-4-8-18(20)14-19-9-5-7-11-21(19)23/h4-14H,1-3H3. The highest BCUT2D eigenvalue weighted by Crippen LogP contribution is 2.38. The summed E-state index contributed by atoms with van der Waals surface area (Å²) in [5.74, 6) is 0. The molecule has 0 N–H and O–H groups in total. The van der Waals surface area contributed by atoms with Gasteiger partial charge in [0.05, 0.1) is 0 Å². The van der Waals surface area contributed by atoms with Crippen LogP contribution in [0, 0.1) is 20.8 Å². The van der Waals surface area contributed by atoms with E-state index in [-0.39, 0.29) is 0 Å². The fourth-order valence-electron chi connectivity index (χ4n) is 3.53. The van der Waals surface area contributed by atoms with E-state index in [0.29, 0.717) is 0 Å². The molecule has 0 spiro atoms. The second-order valence-corrected chi connectivity index (χ2v) is 6.45. The first kappa shape index (κ1) is 14.0. The van der Waals surface area contributed by atoms with Crippen molar-refractivity contribution in [3.05, 3.63) is 83.4 Å². The van der Waals surface area contributed by atoms with E-state index < -0.39 is 0 Å². The van der Waals surface area contributed by atoms with Gasteiger partial charge < -0.3 is 0 Å². The molecule has 0 aliphatic rings. The van der Waals surface area contributed by atoms with E-state index in [9.17, 15) is 0 Å². The molecule has 0 aliphatic heterocycles. The van der Waals surface area contributed by atoms with Crippen LogP contribution in [-0.4, -0.2) is 0 Å². The van der Waals surface area contributed by atoms with Gasteiger partial charge in [0, 0.05) is 0 Å². The zero-order valence-electron chi connectivity index (χ0n) is 13.9. The first-order chi connectivity index (χ1) is 11.1. The van der Waals surface area contributed by atoms with Crippen LogP contribution in [-0.2, 0) is 0 Å². The lowest BCUT2D eigenvalue weighted by molar-refractivity contribution is 1.30. The van der Waals surface area contributed by atoms with E-state index in [1.165, 1.54) is 49.4 Å². The fourth-order valence-corrected chi connectivity index (χ4v) is 3.53. The Hall–Kier alpha value is -2.60. The van der Waals surface area contributed by atoms with Gasteiger partial charge in [-0.2, -0.15) is 0 Å². The number of fused-ring (bicyclic) bond motifs is 2. The molecule has 0 aliphatic carbocycles. The SMILES string of the molecule is Cc1cc(C)c(-c2c3ccccc3cc3ccccc23)cc1C. The molecule has 0 unspecified atom stereocenters. The van der Waals surface area contributed by atoms with Gasteiger partial charge in [-0.25, -0.2) is 0 Å². The molecule has 0 fully saturated rings. The minimum Gasteiger partial charge on any atom is -0.0616 e. The van der Waals surface area contributed by atoms with E-state index in [4.69, 9.17) is 0 Å². The molecule has 0 atom stereocenters. The van der Waals surface area contributed by atoms with Crippen LogP contribution in [0.15, 0.2) is 66.7 Å². The largest absolute Gasteiger partial charge is 0.0616 e. The number of hydrogen-bond acceptors (Lipinski definition) is 0. The highest BCUT2D eigenvalue weighted by atomic mass is 14.2. The Labute approximate surface area is 137 Å². The summed E-state index contributed by atoms with van der Waals surface area (Å²) in [6, 6.07) is 24.4. The summed E-state index contributed by atoms with van der Waals surface area (Å²) in [6.07, 6.45) is 0. The second-order valence-electron chi connectivity index (χ2n) is 6.45. The maximum Gasteiger partial charge on any atom is -0.00241 e. The molecule has 4 rings (SSSR count). The van der Waals surface area contributed by atoms with Crippen LogP contribution in [0.5, 0.6) is 0 Å². The molecular formula is C23H20. The monoisotopic (exact) mass is 296 g/mol. The molecule has 0 aromatic heterocycles. The molecule has 112 valence electrons. The summed E-state index contributed by atoms with van der Waals surface area (Å²) in [4.78, 5) is 0. The molecule has 0 saturated carbocycles. The van der Waals surface area contributed by atoms with Gasteiger partial charge in [0.15, 0.2) is 0 Å². The molecule has 23 heavy (non-hydrogen) atoms. The molecule has 0 amide bonds. The van der Waals surface area contributed by atoms with E-state index >= 15 is 0 Å². The molecule has 0 nitrogen and oxygen atoms in total. The van der Waals surface area contributed by atoms with Crippen LogP contribution in [0.1, 0.15) is 16.7 Å². The van der Waals surface area contributed by atoms with E-state index in [2.05, 4.69) is 87.5 Å². The highest BCUT2D eigenvalue weighted by Gasteiger charge is 2.12. The maximum atomic E-state index is 2.35. The van der Waals surface area contributed by atoms with Crippen molar-refractivity contribution in [2.45, 2.75) is 20.8 Å². The van der Waals surface area contributed by atoms with Gasteiger partial charge in [-0.15, -0.1) is 0 Å². The summed E-state index contributed by atoms with van der Waals surface area (Å²) < 4.78 is 0. The highest BCUT2D eigenvalue weighted by molar-refractivity contribution is 6.13. The lowest BCUT2D eigenvalue weighted by atomic mass is 9.88. The van der Waals surface area contributed by atoms with Gasteiger partial charge in [0.1, 0.15) is 0 Å². The summed E-state index contributed by atoms with van der Waals surface area (Å²) in [6.45, 7) is 6.61. The third-order valence-electron chi connectivity index (χ3n) is 4.88. The number of rotatable bonds is 1. The normalized spacial score (nSPS) is 11.3. The van der Waals surface area contributed by atoms with Crippen LogP contribution < -0.4 is 0 Å².